The molecule has 0 atom stereocenters. The summed E-state index contributed by atoms with van der Waals surface area (Å²) in [6.07, 6.45) is 2.56. The van der Waals surface area contributed by atoms with Gasteiger partial charge in [-0.3, -0.25) is 0 Å². The van der Waals surface area contributed by atoms with Gasteiger partial charge in [-0.05, 0) is 6.92 Å². The number of aliphatic carboxylic acids is 1. The third-order valence-corrected chi connectivity index (χ3v) is 5.88. The van der Waals surface area contributed by atoms with E-state index in [1.54, 1.807) is 6.92 Å². The van der Waals surface area contributed by atoms with E-state index in [4.69, 9.17) is 19.8 Å². The highest BCUT2D eigenvalue weighted by atomic mass is 31.3. The Balaban J connectivity index is 0.000000411. The van der Waals surface area contributed by atoms with Crippen molar-refractivity contribution in [1.29, 1.82) is 0 Å². The van der Waals surface area contributed by atoms with Crippen LogP contribution in [0.5, 0.6) is 0 Å². The molecule has 0 amide bonds. The number of carbonyl (C=O) groups is 1. The number of hydrogen-bond donors (Lipinski definition) is 4. The van der Waals surface area contributed by atoms with Gasteiger partial charge in [-0.1, -0.05) is 6.08 Å². The molecule has 1 fully saturated rings. The second kappa shape index (κ2) is 6.21. The molecule has 1 aliphatic heterocycles. The van der Waals surface area contributed by atoms with Crippen LogP contribution < -0.4 is 0 Å². The van der Waals surface area contributed by atoms with Gasteiger partial charge in [-0.25, -0.2) is 18.5 Å². The van der Waals surface area contributed by atoms with Crippen molar-refractivity contribution < 1.29 is 51.2 Å². The van der Waals surface area contributed by atoms with Crippen LogP contribution in [0.3, 0.4) is 0 Å². The molecule has 1 aliphatic rings. The van der Waals surface area contributed by atoms with Crippen LogP contribution in [0.2, 0.25) is 0 Å². The first-order valence-electron chi connectivity index (χ1n) is 3.87. The molecule has 0 saturated carbocycles. The molecule has 11 nitrogen and oxygen atoms in total. The van der Waals surface area contributed by atoms with E-state index in [1.165, 1.54) is 6.08 Å². The minimum atomic E-state index is -4.98. The summed E-state index contributed by atoms with van der Waals surface area (Å²) in [5, 5.41) is 7.83. The molecule has 1 saturated heterocycles. The van der Waals surface area contributed by atoms with Crippen molar-refractivity contribution in [3.05, 3.63) is 12.2 Å². The maximum atomic E-state index is 10.4. The highest BCUT2D eigenvalue weighted by molar-refractivity contribution is 7.74. The topological polar surface area (TPSA) is 177 Å². The molecule has 1 rings (SSSR count). The van der Waals surface area contributed by atoms with E-state index in [0.717, 1.165) is 6.08 Å². The molecule has 0 aromatic heterocycles. The lowest BCUT2D eigenvalue weighted by molar-refractivity contribution is -0.131. The van der Waals surface area contributed by atoms with Crippen LogP contribution in [0.15, 0.2) is 12.2 Å². The second-order valence-corrected chi connectivity index (χ2v) is 7.26. The molecule has 0 unspecified atom stereocenters. The fraction of sp³-hybridized carbons (Fsp3) is 0.250. The standard InChI is InChI=1S/C4H6O2.H3O9P3/c1-2-3-4(5)6;1-10(2)7-11(3,4)9-12(5,6)8-10/h2-3H,1H3,(H,5,6);(H,1,2)(H,3,4)(H,5,6)/b3-2+;. The number of carboxylic acids is 1. The third kappa shape index (κ3) is 7.88. The Bertz CT molecular complexity index is 408. The average molecular weight is 326 g/mol. The molecular weight excluding hydrogens is 317 g/mol. The summed E-state index contributed by atoms with van der Waals surface area (Å²) in [6.45, 7) is 1.66. The number of phosphoric acid groups is 3. The first-order valence-corrected chi connectivity index (χ1v) is 8.36. The van der Waals surface area contributed by atoms with E-state index in [9.17, 15) is 18.5 Å². The lowest BCUT2D eigenvalue weighted by Gasteiger charge is -2.23. The Kier molecular flexibility index (Phi) is 6.09. The van der Waals surface area contributed by atoms with Crippen molar-refractivity contribution in [3.63, 3.8) is 0 Å². The first-order chi connectivity index (χ1) is 7.89. The molecule has 106 valence electrons. The highest BCUT2D eigenvalue weighted by Gasteiger charge is 2.52. The summed E-state index contributed by atoms with van der Waals surface area (Å²) in [7, 11) is -14.9. The van der Waals surface area contributed by atoms with Gasteiger partial charge in [0.05, 0.1) is 0 Å². The predicted octanol–water partition coefficient (Wildman–Crippen LogP) is 0.998. The number of allylic oxidation sites excluding steroid dienone is 1. The van der Waals surface area contributed by atoms with Crippen molar-refractivity contribution >= 4 is 29.4 Å². The first kappa shape index (κ1) is 17.7. The molecule has 0 radical (unpaired) electrons. The normalized spacial score (nSPS) is 40.0. The Labute approximate surface area is 100 Å². The summed E-state index contributed by atoms with van der Waals surface area (Å²) >= 11 is 0. The molecule has 0 aliphatic carbocycles. The fourth-order valence-corrected chi connectivity index (χ4v) is 4.87. The highest BCUT2D eigenvalue weighted by Crippen LogP contribution is 2.78. The van der Waals surface area contributed by atoms with Crippen LogP contribution in [-0.2, 0) is 31.4 Å². The van der Waals surface area contributed by atoms with E-state index in [-0.39, 0.29) is 0 Å². The number of rotatable bonds is 1. The van der Waals surface area contributed by atoms with Gasteiger partial charge in [0.1, 0.15) is 0 Å². The van der Waals surface area contributed by atoms with Crippen molar-refractivity contribution in [2.75, 3.05) is 0 Å². The Morgan fingerprint density at radius 1 is 0.944 bits per heavy atom. The van der Waals surface area contributed by atoms with Gasteiger partial charge >= 0.3 is 29.4 Å². The van der Waals surface area contributed by atoms with Crippen molar-refractivity contribution in [1.82, 2.24) is 0 Å². The summed E-state index contributed by atoms with van der Waals surface area (Å²) in [5.41, 5.74) is 0. The Morgan fingerprint density at radius 2 is 1.22 bits per heavy atom. The zero-order valence-corrected chi connectivity index (χ0v) is 11.3. The van der Waals surface area contributed by atoms with Crippen LogP contribution in [0, 0.1) is 0 Å². The molecule has 1 heterocycles. The second-order valence-electron chi connectivity index (χ2n) is 2.49. The van der Waals surface area contributed by atoms with Crippen LogP contribution in [-0.4, -0.2) is 25.8 Å². The minimum absolute atomic E-state index is 0.891. The van der Waals surface area contributed by atoms with Gasteiger partial charge in [-0.2, -0.15) is 12.9 Å². The van der Waals surface area contributed by atoms with E-state index in [2.05, 4.69) is 12.9 Å². The smallest absolute Gasteiger partial charge is 0.478 e. The van der Waals surface area contributed by atoms with Gasteiger partial charge in [0, 0.05) is 6.08 Å². The molecule has 14 heteroatoms. The van der Waals surface area contributed by atoms with Crippen LogP contribution in [0.4, 0.5) is 0 Å². The van der Waals surface area contributed by atoms with Gasteiger partial charge in [0.15, 0.2) is 0 Å². The molecule has 4 N–H and O–H groups in total. The minimum Gasteiger partial charge on any atom is -0.478 e. The number of hydrogen-bond acceptors (Lipinski definition) is 7. The van der Waals surface area contributed by atoms with Crippen molar-refractivity contribution in [3.8, 4) is 0 Å². The van der Waals surface area contributed by atoms with Crippen LogP contribution in [0.25, 0.3) is 0 Å². The molecule has 0 aromatic carbocycles. The van der Waals surface area contributed by atoms with Crippen LogP contribution in [0.1, 0.15) is 6.92 Å². The molecule has 0 aromatic rings. The average Bonchev–Trinajstić information content (AvgIpc) is 1.93. The van der Waals surface area contributed by atoms with Gasteiger partial charge in [0.25, 0.3) is 0 Å². The van der Waals surface area contributed by atoms with Gasteiger partial charge in [-0.15, -0.1) is 0 Å². The zero-order valence-electron chi connectivity index (χ0n) is 8.64. The third-order valence-electron chi connectivity index (χ3n) is 0.928. The predicted molar refractivity (Wildman–Crippen MR) is 55.2 cm³/mol. The Morgan fingerprint density at radius 3 is 1.33 bits per heavy atom. The molecular formula is C4H9O11P3. The lowest BCUT2D eigenvalue weighted by atomic mass is 10.5. The zero-order chi connectivity index (χ0) is 14.6. The van der Waals surface area contributed by atoms with E-state index in [1.807, 2.05) is 0 Å². The van der Waals surface area contributed by atoms with E-state index >= 15 is 0 Å². The van der Waals surface area contributed by atoms with Gasteiger partial charge in [0.2, 0.25) is 0 Å². The quantitative estimate of drug-likeness (QED) is 0.399. The van der Waals surface area contributed by atoms with E-state index in [0.29, 0.717) is 0 Å². The SMILES string of the molecule is C/C=C/C(=O)O.O=P1(O)OP(=O)(O)OP(=O)(O)O1. The van der Waals surface area contributed by atoms with E-state index < -0.39 is 29.4 Å². The largest absolute Gasteiger partial charge is 0.490 e. The molecule has 0 bridgehead atoms. The number of carboxylic acid groups (broad SMARTS) is 1. The lowest BCUT2D eigenvalue weighted by Crippen LogP contribution is -2.02. The van der Waals surface area contributed by atoms with Crippen molar-refractivity contribution in [2.45, 2.75) is 6.92 Å². The van der Waals surface area contributed by atoms with Gasteiger partial charge < -0.3 is 19.8 Å². The maximum absolute atomic E-state index is 10.4. The van der Waals surface area contributed by atoms with Crippen LogP contribution >= 0.6 is 23.5 Å². The Hall–Kier alpha value is -0.340. The van der Waals surface area contributed by atoms with Crippen molar-refractivity contribution in [2.24, 2.45) is 0 Å². The monoisotopic (exact) mass is 326 g/mol. The summed E-state index contributed by atoms with van der Waals surface area (Å²) in [5.74, 6) is -0.891. The summed E-state index contributed by atoms with van der Waals surface area (Å²) < 4.78 is 41.6. The maximum Gasteiger partial charge on any atom is 0.490 e. The molecule has 18 heavy (non-hydrogen) atoms. The fourth-order valence-electron chi connectivity index (χ4n) is 0.578. The summed E-state index contributed by atoms with van der Waals surface area (Å²) in [6, 6.07) is 0. The summed E-state index contributed by atoms with van der Waals surface area (Å²) in [4.78, 5) is 34.7. The molecule has 0 spiro atoms.